The lowest BCUT2D eigenvalue weighted by molar-refractivity contribution is 0.157. The highest BCUT2D eigenvalue weighted by molar-refractivity contribution is 4.77. The summed E-state index contributed by atoms with van der Waals surface area (Å²) in [6.45, 7) is 95.9. The fourth-order valence-electron chi connectivity index (χ4n) is 2.83. The van der Waals surface area contributed by atoms with Crippen LogP contribution < -0.4 is 0 Å². The summed E-state index contributed by atoms with van der Waals surface area (Å²) in [5.74, 6) is 6.20. The average Bonchev–Trinajstić information content (AvgIpc) is 3.33. The third kappa shape index (κ3) is 242. The zero-order valence-electron chi connectivity index (χ0n) is 66.0. The Morgan fingerprint density at radius 1 is 0.231 bits per heavy atom. The number of hydrogen-bond donors (Lipinski definition) is 0. The van der Waals surface area contributed by atoms with E-state index in [-0.39, 0.29) is 0 Å². The molecule has 0 saturated heterocycles. The molecular weight excluding hydrogens is 937 g/mol. The molecule has 0 aromatic heterocycles. The Labute approximate surface area is 512 Å². The van der Waals surface area contributed by atoms with E-state index < -0.39 is 0 Å². The van der Waals surface area contributed by atoms with Crippen LogP contribution in [0, 0.1) is 63.1 Å². The van der Waals surface area contributed by atoms with Gasteiger partial charge in [-0.3, -0.25) is 0 Å². The Kier molecular flexibility index (Phi) is 135. The standard InChI is InChI=1S/C8H18.C7H16.6C6H14.4C5H12.C4H10.C3H8/c1-7(2,3)8(4,5)6;1-3-5-7-6-4-2;2*1-5-6(2,3)4;1-5(2)6(3)4;2*1-4-5-6(2)3;1-4-6(3)5-2;2*1-4-5(2)3;2*1-3-5-4-2;1-3-4-2;1-3-2/h1-6H3;3-7H2,1-2H3;2*5H2,1-4H3;5-6H,1-4H3;3*6H,4-5H2,1-3H3;2*5H,4H2,1-3H3;2*3-5H2,1-2H3;3-4H2,1-2H3;3H2,1-2H3. The molecule has 0 aliphatic heterocycles. The number of hydrogen-bond acceptors (Lipinski definition) is 0. The predicted octanol–water partition coefficient (Wildman–Crippen LogP) is 32.3. The summed E-state index contributed by atoms with van der Waals surface area (Å²) in [6, 6.07) is 0. The van der Waals surface area contributed by atoms with Gasteiger partial charge in [0.05, 0.1) is 0 Å². The molecule has 0 bridgehead atoms. The van der Waals surface area contributed by atoms with Crippen molar-refractivity contribution in [1.82, 2.24) is 0 Å². The van der Waals surface area contributed by atoms with Crippen molar-refractivity contribution < 1.29 is 0 Å². The van der Waals surface area contributed by atoms with Gasteiger partial charge in [0.15, 0.2) is 0 Å². The van der Waals surface area contributed by atoms with Crippen molar-refractivity contribution in [3.05, 3.63) is 0 Å². The maximum absolute atomic E-state index is 2.28. The van der Waals surface area contributed by atoms with Crippen LogP contribution in [-0.4, -0.2) is 0 Å². The molecule has 0 heteroatoms. The highest BCUT2D eigenvalue weighted by Crippen LogP contribution is 2.36. The van der Waals surface area contributed by atoms with Crippen molar-refractivity contribution in [2.24, 2.45) is 63.1 Å². The monoisotopic (exact) mass is 1120 g/mol. The molecule has 0 heterocycles. The van der Waals surface area contributed by atoms with E-state index in [1.54, 1.807) is 0 Å². The van der Waals surface area contributed by atoms with E-state index in [1.165, 1.54) is 154 Å². The van der Waals surface area contributed by atoms with Crippen molar-refractivity contribution >= 4 is 0 Å². The van der Waals surface area contributed by atoms with Gasteiger partial charge < -0.3 is 0 Å². The molecule has 0 aliphatic rings. The predicted molar refractivity (Wildman–Crippen MR) is 389 cm³/mol. The van der Waals surface area contributed by atoms with Crippen LogP contribution in [0.1, 0.15) is 452 Å². The second-order valence-electron chi connectivity index (χ2n) is 29.2. The fourth-order valence-corrected chi connectivity index (χ4v) is 2.83. The summed E-state index contributed by atoms with van der Waals surface area (Å²) in [7, 11) is 0. The van der Waals surface area contributed by atoms with Gasteiger partial charge in [0.1, 0.15) is 0 Å². The maximum Gasteiger partial charge on any atom is -0.0334 e. The highest BCUT2D eigenvalue weighted by atomic mass is 14.3. The van der Waals surface area contributed by atoms with Crippen molar-refractivity contribution in [1.29, 1.82) is 0 Å². The lowest BCUT2D eigenvalue weighted by Gasteiger charge is -2.34. The minimum absolute atomic E-state index is 0.437. The molecule has 0 aromatic carbocycles. The van der Waals surface area contributed by atoms with Crippen LogP contribution in [0.25, 0.3) is 0 Å². The van der Waals surface area contributed by atoms with Gasteiger partial charge in [-0.1, -0.05) is 452 Å². The molecule has 0 nitrogen and oxygen atoms in total. The van der Waals surface area contributed by atoms with E-state index in [0.717, 1.165) is 41.4 Å². The molecule has 0 N–H and O–H groups in total. The Hall–Kier alpha value is 0. The Balaban J connectivity index is -0.0000000473. The van der Waals surface area contributed by atoms with Crippen molar-refractivity contribution in [2.45, 2.75) is 452 Å². The van der Waals surface area contributed by atoms with E-state index in [4.69, 9.17) is 0 Å². The molecule has 0 radical (unpaired) electrons. The maximum atomic E-state index is 2.28. The second kappa shape index (κ2) is 93.4. The molecule has 78 heavy (non-hydrogen) atoms. The Morgan fingerprint density at radius 2 is 0.410 bits per heavy atom. The van der Waals surface area contributed by atoms with Crippen LogP contribution in [0.4, 0.5) is 0 Å². The van der Waals surface area contributed by atoms with Crippen LogP contribution in [0.15, 0.2) is 0 Å². The van der Waals surface area contributed by atoms with Gasteiger partial charge in [0.25, 0.3) is 0 Å². The quantitative estimate of drug-likeness (QED) is 0.120. The van der Waals surface area contributed by atoms with Gasteiger partial charge in [-0.05, 0) is 63.1 Å². The molecule has 0 amide bonds. The van der Waals surface area contributed by atoms with Crippen LogP contribution >= 0.6 is 0 Å². The van der Waals surface area contributed by atoms with Crippen LogP contribution in [0.3, 0.4) is 0 Å². The summed E-state index contributed by atoms with van der Waals surface area (Å²) in [5, 5.41) is 0. The minimum Gasteiger partial charge on any atom is -0.0656 e. The number of unbranched alkanes of at least 4 members (excludes halogenated alkanes) is 9. The largest absolute Gasteiger partial charge is 0.0656 e. The van der Waals surface area contributed by atoms with Gasteiger partial charge in [-0.2, -0.15) is 0 Å². The van der Waals surface area contributed by atoms with Gasteiger partial charge in [-0.25, -0.2) is 0 Å². The highest BCUT2D eigenvalue weighted by Gasteiger charge is 2.26. The zero-order chi connectivity index (χ0) is 66.0. The summed E-state index contributed by atoms with van der Waals surface area (Å²) in [6.07, 6.45) is 32.3. The third-order valence-corrected chi connectivity index (χ3v) is 13.6. The lowest BCUT2D eigenvalue weighted by Crippen LogP contribution is -2.25. The third-order valence-electron chi connectivity index (χ3n) is 13.6. The second-order valence-corrected chi connectivity index (χ2v) is 29.2. The van der Waals surface area contributed by atoms with Gasteiger partial charge in [0, 0.05) is 0 Å². The Morgan fingerprint density at radius 3 is 0.436 bits per heavy atom. The van der Waals surface area contributed by atoms with E-state index in [9.17, 15) is 0 Å². The number of rotatable bonds is 18. The molecule has 0 atom stereocenters. The first-order chi connectivity index (χ1) is 35.5. The van der Waals surface area contributed by atoms with Crippen LogP contribution in [0.5, 0.6) is 0 Å². The fraction of sp³-hybridized carbons (Fsp3) is 1.00. The minimum atomic E-state index is 0.437. The lowest BCUT2D eigenvalue weighted by atomic mass is 9.71. The smallest absolute Gasteiger partial charge is 0.0334 e. The first-order valence-electron chi connectivity index (χ1n) is 35.5. The van der Waals surface area contributed by atoms with Crippen LogP contribution in [0.2, 0.25) is 0 Å². The molecule has 0 saturated carbocycles. The van der Waals surface area contributed by atoms with E-state index >= 15 is 0 Å². The SMILES string of the molecule is CC(C)(C)C(C)(C)C.CC(C)C(C)C.CCC.CCC(C)(C)C.CCC(C)(C)C.CCC(C)C.CCC(C)C.CCC(C)CC.CCCC.CCCC(C)C.CCCC(C)C.CCCCC.CCCCC.CCCCCCC. The van der Waals surface area contributed by atoms with Crippen LogP contribution in [-0.2, 0) is 0 Å². The van der Waals surface area contributed by atoms with E-state index in [1.807, 2.05) is 0 Å². The van der Waals surface area contributed by atoms with Gasteiger partial charge >= 0.3 is 0 Å². The topological polar surface area (TPSA) is 0 Å². The summed E-state index contributed by atoms with van der Waals surface area (Å²) < 4.78 is 0. The normalized spacial score (nSPS) is 10.2. The van der Waals surface area contributed by atoms with Gasteiger partial charge in [0.2, 0.25) is 0 Å². The summed E-state index contributed by atoms with van der Waals surface area (Å²) in [4.78, 5) is 0. The van der Waals surface area contributed by atoms with Crippen molar-refractivity contribution in [3.8, 4) is 0 Å². The molecule has 0 unspecified atom stereocenters. The summed E-state index contributed by atoms with van der Waals surface area (Å²) in [5.41, 5.74) is 1.96. The van der Waals surface area contributed by atoms with Gasteiger partial charge in [-0.15, -0.1) is 0 Å². The molecule has 496 valence electrons. The molecule has 0 rings (SSSR count). The van der Waals surface area contributed by atoms with E-state index in [0.29, 0.717) is 21.7 Å². The molecule has 0 spiro atoms. The summed E-state index contributed by atoms with van der Waals surface area (Å²) >= 11 is 0. The van der Waals surface area contributed by atoms with E-state index in [2.05, 4.69) is 298 Å². The van der Waals surface area contributed by atoms with Crippen molar-refractivity contribution in [3.63, 3.8) is 0 Å². The first-order valence-corrected chi connectivity index (χ1v) is 35.5. The molecule has 0 aromatic rings. The molecular formula is C78H184. The molecule has 0 fully saturated rings. The van der Waals surface area contributed by atoms with Crippen molar-refractivity contribution in [2.75, 3.05) is 0 Å². The Bertz CT molecular complexity index is 723. The average molecular weight is 1120 g/mol. The zero-order valence-corrected chi connectivity index (χ0v) is 66.0. The molecule has 0 aliphatic carbocycles. The first kappa shape index (κ1) is 113.